The normalized spacial score (nSPS) is 12.8. The van der Waals surface area contributed by atoms with Crippen molar-refractivity contribution in [3.8, 4) is 0 Å². The van der Waals surface area contributed by atoms with Gasteiger partial charge in [0.05, 0.1) is 6.10 Å². The van der Waals surface area contributed by atoms with Crippen LogP contribution in [0.3, 0.4) is 0 Å². The van der Waals surface area contributed by atoms with Crippen LogP contribution < -0.4 is 5.73 Å². The topological polar surface area (TPSA) is 55.5 Å². The van der Waals surface area contributed by atoms with Gasteiger partial charge in [-0.2, -0.15) is 0 Å². The Morgan fingerprint density at radius 1 is 1.18 bits per heavy atom. The van der Waals surface area contributed by atoms with Crippen LogP contribution in [0.4, 0.5) is 13.2 Å². The van der Waals surface area contributed by atoms with Crippen molar-refractivity contribution in [3.63, 3.8) is 0 Å². The molecule has 6 heteroatoms. The summed E-state index contributed by atoms with van der Waals surface area (Å²) in [4.78, 5) is 0. The van der Waals surface area contributed by atoms with Crippen molar-refractivity contribution in [1.29, 1.82) is 0 Å². The molecule has 0 aliphatic carbocycles. The summed E-state index contributed by atoms with van der Waals surface area (Å²) in [6.45, 7) is 0.0295. The Kier molecular flexibility index (Phi) is 5.40. The fraction of sp³-hybridized carbons (Fsp3) is 0.455. The Labute approximate surface area is 97.0 Å². The maximum Gasteiger partial charge on any atom is 0.161 e. The van der Waals surface area contributed by atoms with Crippen molar-refractivity contribution in [2.45, 2.75) is 12.5 Å². The highest BCUT2D eigenvalue weighted by atomic mass is 19.2. The molecule has 0 radical (unpaired) electrons. The van der Waals surface area contributed by atoms with E-state index in [1.165, 1.54) is 0 Å². The second kappa shape index (κ2) is 6.58. The number of benzene rings is 1. The summed E-state index contributed by atoms with van der Waals surface area (Å²) >= 11 is 0. The second-order valence-corrected chi connectivity index (χ2v) is 3.46. The molecule has 0 fully saturated rings. The van der Waals surface area contributed by atoms with E-state index < -0.39 is 23.6 Å². The summed E-state index contributed by atoms with van der Waals surface area (Å²) in [7, 11) is 0. The van der Waals surface area contributed by atoms with Crippen molar-refractivity contribution in [2.75, 3.05) is 19.8 Å². The summed E-state index contributed by atoms with van der Waals surface area (Å²) in [5.41, 5.74) is 5.25. The minimum Gasteiger partial charge on any atom is -0.396 e. The predicted octanol–water partition coefficient (Wildman–Crippen LogP) is 1.50. The number of nitrogens with two attached hydrogens (primary N) is 1. The molecule has 1 unspecified atom stereocenters. The Balaban J connectivity index is 2.84. The first-order chi connectivity index (χ1) is 8.10. The molecular weight excluding hydrogens is 235 g/mol. The highest BCUT2D eigenvalue weighted by Crippen LogP contribution is 2.22. The monoisotopic (exact) mass is 249 g/mol. The summed E-state index contributed by atoms with van der Waals surface area (Å²) in [6, 6.07) is 1.20. The van der Waals surface area contributed by atoms with Gasteiger partial charge in [0, 0.05) is 31.4 Å². The first-order valence-electron chi connectivity index (χ1n) is 5.17. The Morgan fingerprint density at radius 2 is 1.82 bits per heavy atom. The zero-order valence-electron chi connectivity index (χ0n) is 9.13. The van der Waals surface area contributed by atoms with E-state index >= 15 is 0 Å². The average Bonchev–Trinajstić information content (AvgIpc) is 2.30. The first kappa shape index (κ1) is 14.0. The highest BCUT2D eigenvalue weighted by molar-refractivity contribution is 5.22. The molecule has 1 rings (SSSR count). The molecule has 0 spiro atoms. The standard InChI is InChI=1S/C11H14F3NO2/c12-8-5-10(14)9(13)4-7(8)11(6-15)17-3-1-2-16/h4-5,11,16H,1-3,6,15H2. The molecule has 0 aromatic heterocycles. The van der Waals surface area contributed by atoms with Gasteiger partial charge in [-0.1, -0.05) is 0 Å². The minimum absolute atomic E-state index is 0.0621. The summed E-state index contributed by atoms with van der Waals surface area (Å²) in [5.74, 6) is -3.30. The molecule has 1 aromatic carbocycles. The third-order valence-electron chi connectivity index (χ3n) is 2.22. The lowest BCUT2D eigenvalue weighted by Crippen LogP contribution is -2.18. The minimum atomic E-state index is -1.25. The third-order valence-corrected chi connectivity index (χ3v) is 2.22. The van der Waals surface area contributed by atoms with Crippen molar-refractivity contribution in [3.05, 3.63) is 35.1 Å². The van der Waals surface area contributed by atoms with E-state index in [-0.39, 0.29) is 25.3 Å². The van der Waals surface area contributed by atoms with Crippen LogP contribution in [-0.4, -0.2) is 24.9 Å². The van der Waals surface area contributed by atoms with E-state index in [9.17, 15) is 13.2 Å². The summed E-state index contributed by atoms with van der Waals surface area (Å²) in [6.07, 6.45) is -0.487. The number of rotatable bonds is 6. The lowest BCUT2D eigenvalue weighted by molar-refractivity contribution is 0.0464. The maximum atomic E-state index is 13.4. The summed E-state index contributed by atoms with van der Waals surface area (Å²) < 4.78 is 44.2. The second-order valence-electron chi connectivity index (χ2n) is 3.46. The van der Waals surface area contributed by atoms with E-state index in [2.05, 4.69) is 0 Å². The predicted molar refractivity (Wildman–Crippen MR) is 55.8 cm³/mol. The van der Waals surface area contributed by atoms with Crippen LogP contribution >= 0.6 is 0 Å². The fourth-order valence-electron chi connectivity index (χ4n) is 1.36. The van der Waals surface area contributed by atoms with Gasteiger partial charge in [-0.15, -0.1) is 0 Å². The number of ether oxygens (including phenoxy) is 1. The molecule has 96 valence electrons. The van der Waals surface area contributed by atoms with Crippen molar-refractivity contribution >= 4 is 0 Å². The van der Waals surface area contributed by atoms with Gasteiger partial charge < -0.3 is 15.6 Å². The smallest absolute Gasteiger partial charge is 0.161 e. The van der Waals surface area contributed by atoms with Gasteiger partial charge in [0.1, 0.15) is 5.82 Å². The third kappa shape index (κ3) is 3.69. The van der Waals surface area contributed by atoms with E-state index in [0.29, 0.717) is 12.5 Å². The van der Waals surface area contributed by atoms with Crippen LogP contribution in [0.1, 0.15) is 18.1 Å². The number of aliphatic hydroxyl groups is 1. The largest absolute Gasteiger partial charge is 0.396 e. The molecule has 0 aliphatic rings. The molecular formula is C11H14F3NO2. The van der Waals surface area contributed by atoms with Crippen LogP contribution in [0.15, 0.2) is 12.1 Å². The quantitative estimate of drug-likeness (QED) is 0.593. The van der Waals surface area contributed by atoms with Gasteiger partial charge >= 0.3 is 0 Å². The highest BCUT2D eigenvalue weighted by Gasteiger charge is 2.18. The molecule has 0 aliphatic heterocycles. The lowest BCUT2D eigenvalue weighted by Gasteiger charge is -2.17. The molecule has 0 saturated carbocycles. The van der Waals surface area contributed by atoms with Crippen molar-refractivity contribution < 1.29 is 23.0 Å². The van der Waals surface area contributed by atoms with Gasteiger partial charge in [-0.05, 0) is 12.5 Å². The van der Waals surface area contributed by atoms with E-state index in [0.717, 1.165) is 6.07 Å². The van der Waals surface area contributed by atoms with Crippen LogP contribution in [0.2, 0.25) is 0 Å². The molecule has 3 N–H and O–H groups in total. The SMILES string of the molecule is NCC(OCCCO)c1cc(F)c(F)cc1F. The zero-order valence-corrected chi connectivity index (χ0v) is 9.13. The van der Waals surface area contributed by atoms with E-state index in [1.54, 1.807) is 0 Å². The molecule has 1 aromatic rings. The fourth-order valence-corrected chi connectivity index (χ4v) is 1.36. The molecule has 1 atom stereocenters. The van der Waals surface area contributed by atoms with Crippen LogP contribution in [-0.2, 0) is 4.74 Å². The average molecular weight is 249 g/mol. The molecule has 0 heterocycles. The Morgan fingerprint density at radius 3 is 2.41 bits per heavy atom. The lowest BCUT2D eigenvalue weighted by atomic mass is 10.1. The molecule has 17 heavy (non-hydrogen) atoms. The molecule has 0 bridgehead atoms. The van der Waals surface area contributed by atoms with Gasteiger partial charge in [0.2, 0.25) is 0 Å². The van der Waals surface area contributed by atoms with Gasteiger partial charge in [-0.25, -0.2) is 13.2 Å². The number of hydrogen-bond acceptors (Lipinski definition) is 3. The van der Waals surface area contributed by atoms with Gasteiger partial charge in [0.25, 0.3) is 0 Å². The maximum absolute atomic E-state index is 13.4. The zero-order chi connectivity index (χ0) is 12.8. The van der Waals surface area contributed by atoms with Crippen LogP contribution in [0, 0.1) is 17.5 Å². The van der Waals surface area contributed by atoms with E-state index in [4.69, 9.17) is 15.6 Å². The van der Waals surface area contributed by atoms with Crippen LogP contribution in [0.5, 0.6) is 0 Å². The number of hydrogen-bond donors (Lipinski definition) is 2. The molecule has 0 saturated heterocycles. The Hall–Kier alpha value is -1.11. The number of aliphatic hydroxyl groups excluding tert-OH is 1. The van der Waals surface area contributed by atoms with Crippen molar-refractivity contribution in [1.82, 2.24) is 0 Å². The molecule has 3 nitrogen and oxygen atoms in total. The van der Waals surface area contributed by atoms with Crippen LogP contribution in [0.25, 0.3) is 0 Å². The first-order valence-corrected chi connectivity index (χ1v) is 5.17. The van der Waals surface area contributed by atoms with Gasteiger partial charge in [0.15, 0.2) is 11.6 Å². The van der Waals surface area contributed by atoms with E-state index in [1.807, 2.05) is 0 Å². The van der Waals surface area contributed by atoms with Gasteiger partial charge in [-0.3, -0.25) is 0 Å². The summed E-state index contributed by atoms with van der Waals surface area (Å²) in [5, 5.41) is 8.56. The molecule has 0 amide bonds. The Bertz CT molecular complexity index is 374. The van der Waals surface area contributed by atoms with Crippen molar-refractivity contribution in [2.24, 2.45) is 5.73 Å². The number of halogens is 3.